The minimum atomic E-state index is -0.869. The molecule has 20 heavy (non-hydrogen) atoms. The maximum absolute atomic E-state index is 12.0. The highest BCUT2D eigenvalue weighted by Crippen LogP contribution is 2.25. The highest BCUT2D eigenvalue weighted by atomic mass is 32.2. The number of hydrogen-bond donors (Lipinski definition) is 2. The lowest BCUT2D eigenvalue weighted by Crippen LogP contribution is -2.39. The van der Waals surface area contributed by atoms with Crippen LogP contribution in [0.15, 0.2) is 12.2 Å². The van der Waals surface area contributed by atoms with E-state index in [0.717, 1.165) is 12.8 Å². The first-order chi connectivity index (χ1) is 9.66. The second-order valence-electron chi connectivity index (χ2n) is 5.19. The maximum Gasteiger partial charge on any atom is 0.307 e. The molecule has 1 aliphatic carbocycles. The molecule has 0 radical (unpaired) electrons. The molecule has 0 aromatic carbocycles. The van der Waals surface area contributed by atoms with Crippen molar-refractivity contribution in [3.05, 3.63) is 12.2 Å². The predicted molar refractivity (Wildman–Crippen MR) is 82.8 cm³/mol. The number of carboxylic acids is 1. The Labute approximate surface area is 125 Å². The standard InChI is InChI=1S/C15H25NO3S/c1-20-11-7-3-2-6-10-16-14(17)12-8-4-5-9-13(12)15(18)19/h4-5,12-13H,2-3,6-11H2,1H3,(H,16,17)(H,18,19)/t12-,13+/m1/s1. The topological polar surface area (TPSA) is 66.4 Å². The van der Waals surface area contributed by atoms with Gasteiger partial charge in [0.05, 0.1) is 11.8 Å². The Bertz CT molecular complexity index is 344. The number of amides is 1. The largest absolute Gasteiger partial charge is 0.481 e. The van der Waals surface area contributed by atoms with Gasteiger partial charge < -0.3 is 10.4 Å². The van der Waals surface area contributed by atoms with Crippen LogP contribution >= 0.6 is 11.8 Å². The molecule has 0 saturated heterocycles. The molecule has 1 amide bonds. The van der Waals surface area contributed by atoms with Gasteiger partial charge in [-0.2, -0.15) is 11.8 Å². The third-order valence-electron chi connectivity index (χ3n) is 3.66. The van der Waals surface area contributed by atoms with Gasteiger partial charge >= 0.3 is 5.97 Å². The van der Waals surface area contributed by atoms with Crippen molar-refractivity contribution in [2.45, 2.75) is 38.5 Å². The summed E-state index contributed by atoms with van der Waals surface area (Å²) in [6, 6.07) is 0. The highest BCUT2D eigenvalue weighted by molar-refractivity contribution is 7.98. The van der Waals surface area contributed by atoms with E-state index in [9.17, 15) is 9.59 Å². The Morgan fingerprint density at radius 1 is 1.15 bits per heavy atom. The molecule has 0 heterocycles. The third kappa shape index (κ3) is 5.99. The number of rotatable bonds is 9. The number of carboxylic acid groups (broad SMARTS) is 1. The molecular weight excluding hydrogens is 274 g/mol. The van der Waals surface area contributed by atoms with Crippen molar-refractivity contribution in [2.75, 3.05) is 18.6 Å². The van der Waals surface area contributed by atoms with Gasteiger partial charge in [-0.05, 0) is 37.7 Å². The quantitative estimate of drug-likeness (QED) is 0.507. The molecule has 0 saturated carbocycles. The van der Waals surface area contributed by atoms with Gasteiger partial charge in [-0.15, -0.1) is 0 Å². The lowest BCUT2D eigenvalue weighted by Gasteiger charge is -2.24. The Morgan fingerprint density at radius 3 is 2.45 bits per heavy atom. The molecule has 114 valence electrons. The van der Waals surface area contributed by atoms with Crippen molar-refractivity contribution in [2.24, 2.45) is 11.8 Å². The SMILES string of the molecule is CSCCCCCCNC(=O)[C@@H]1CC=CC[C@@H]1C(=O)O. The molecule has 5 heteroatoms. The summed E-state index contributed by atoms with van der Waals surface area (Å²) in [5, 5.41) is 12.0. The van der Waals surface area contributed by atoms with Crippen molar-refractivity contribution >= 4 is 23.6 Å². The first-order valence-corrected chi connectivity index (χ1v) is 8.70. The molecule has 0 aromatic rings. The summed E-state index contributed by atoms with van der Waals surface area (Å²) in [5.41, 5.74) is 0. The molecule has 1 aliphatic rings. The Morgan fingerprint density at radius 2 is 1.80 bits per heavy atom. The number of nitrogens with one attached hydrogen (secondary N) is 1. The first kappa shape index (κ1) is 17.1. The fourth-order valence-electron chi connectivity index (χ4n) is 2.44. The van der Waals surface area contributed by atoms with Crippen LogP contribution in [-0.4, -0.2) is 35.5 Å². The summed E-state index contributed by atoms with van der Waals surface area (Å²) in [6.45, 7) is 0.657. The molecule has 0 aromatic heterocycles. The van der Waals surface area contributed by atoms with Crippen molar-refractivity contribution in [1.29, 1.82) is 0 Å². The van der Waals surface area contributed by atoms with E-state index in [0.29, 0.717) is 19.4 Å². The second kappa shape index (κ2) is 9.86. The van der Waals surface area contributed by atoms with Gasteiger partial charge in [0.15, 0.2) is 0 Å². The van der Waals surface area contributed by atoms with Crippen molar-refractivity contribution in [3.8, 4) is 0 Å². The van der Waals surface area contributed by atoms with Crippen molar-refractivity contribution in [1.82, 2.24) is 5.32 Å². The van der Waals surface area contributed by atoms with E-state index in [1.807, 2.05) is 23.9 Å². The van der Waals surface area contributed by atoms with Crippen LogP contribution in [0.1, 0.15) is 38.5 Å². The summed E-state index contributed by atoms with van der Waals surface area (Å²) < 4.78 is 0. The van der Waals surface area contributed by atoms with E-state index >= 15 is 0 Å². The molecular formula is C15H25NO3S. The average molecular weight is 299 g/mol. The summed E-state index contributed by atoms with van der Waals surface area (Å²) in [7, 11) is 0. The first-order valence-electron chi connectivity index (χ1n) is 7.31. The molecule has 2 N–H and O–H groups in total. The highest BCUT2D eigenvalue weighted by Gasteiger charge is 2.33. The van der Waals surface area contributed by atoms with Crippen LogP contribution in [0, 0.1) is 11.8 Å². The van der Waals surface area contributed by atoms with Gasteiger partial charge in [-0.1, -0.05) is 25.0 Å². The molecule has 0 spiro atoms. The van der Waals surface area contributed by atoms with E-state index in [1.54, 1.807) is 0 Å². The molecule has 0 bridgehead atoms. The number of unbranched alkanes of at least 4 members (excludes halogenated alkanes) is 3. The van der Waals surface area contributed by atoms with Crippen LogP contribution in [0.3, 0.4) is 0 Å². The number of aliphatic carboxylic acids is 1. The number of allylic oxidation sites excluding steroid dienone is 2. The van der Waals surface area contributed by atoms with Crippen molar-refractivity contribution < 1.29 is 14.7 Å². The zero-order valence-corrected chi connectivity index (χ0v) is 13.0. The summed E-state index contributed by atoms with van der Waals surface area (Å²) in [5.74, 6) is -0.755. The zero-order chi connectivity index (χ0) is 14.8. The third-order valence-corrected chi connectivity index (χ3v) is 4.36. The van der Waals surface area contributed by atoms with Gasteiger partial charge in [0.25, 0.3) is 0 Å². The van der Waals surface area contributed by atoms with Crippen LogP contribution in [0.25, 0.3) is 0 Å². The maximum atomic E-state index is 12.0. The fourth-order valence-corrected chi connectivity index (χ4v) is 2.94. The molecule has 0 aliphatic heterocycles. The van der Waals surface area contributed by atoms with Crippen LogP contribution in [0.5, 0.6) is 0 Å². The molecule has 0 fully saturated rings. The smallest absolute Gasteiger partial charge is 0.307 e. The molecule has 4 nitrogen and oxygen atoms in total. The van der Waals surface area contributed by atoms with Gasteiger partial charge in [0.2, 0.25) is 5.91 Å². The molecule has 0 unspecified atom stereocenters. The Balaban J connectivity index is 2.21. The number of thioether (sulfide) groups is 1. The summed E-state index contributed by atoms with van der Waals surface area (Å²) >= 11 is 1.86. The predicted octanol–water partition coefficient (Wildman–Crippen LogP) is 2.69. The van der Waals surface area contributed by atoms with Gasteiger partial charge in [-0.25, -0.2) is 0 Å². The van der Waals surface area contributed by atoms with E-state index < -0.39 is 17.8 Å². The summed E-state index contributed by atoms with van der Waals surface area (Å²) in [4.78, 5) is 23.2. The van der Waals surface area contributed by atoms with Crippen LogP contribution in [-0.2, 0) is 9.59 Å². The Kier molecular flexibility index (Phi) is 8.42. The van der Waals surface area contributed by atoms with Crippen molar-refractivity contribution in [3.63, 3.8) is 0 Å². The van der Waals surface area contributed by atoms with E-state index in [2.05, 4.69) is 11.6 Å². The normalized spacial score (nSPS) is 21.6. The molecule has 2 atom stereocenters. The fraction of sp³-hybridized carbons (Fsp3) is 0.733. The number of carbonyl (C=O) groups is 2. The van der Waals surface area contributed by atoms with E-state index in [4.69, 9.17) is 5.11 Å². The minimum absolute atomic E-state index is 0.106. The second-order valence-corrected chi connectivity index (χ2v) is 6.18. The lowest BCUT2D eigenvalue weighted by atomic mass is 9.82. The lowest BCUT2D eigenvalue weighted by molar-refractivity contribution is -0.147. The van der Waals surface area contributed by atoms with Gasteiger partial charge in [0, 0.05) is 6.54 Å². The average Bonchev–Trinajstić information content (AvgIpc) is 2.46. The molecule has 1 rings (SSSR count). The van der Waals surface area contributed by atoms with E-state index in [-0.39, 0.29) is 5.91 Å². The Hall–Kier alpha value is -0.970. The number of carbonyl (C=O) groups excluding carboxylic acids is 1. The van der Waals surface area contributed by atoms with E-state index in [1.165, 1.54) is 18.6 Å². The van der Waals surface area contributed by atoms with Gasteiger partial charge in [0.1, 0.15) is 0 Å². The summed E-state index contributed by atoms with van der Waals surface area (Å²) in [6.07, 6.45) is 11.4. The van der Waals surface area contributed by atoms with Crippen LogP contribution < -0.4 is 5.32 Å². The van der Waals surface area contributed by atoms with Gasteiger partial charge in [-0.3, -0.25) is 9.59 Å². The zero-order valence-electron chi connectivity index (χ0n) is 12.1. The van der Waals surface area contributed by atoms with Crippen LogP contribution in [0.2, 0.25) is 0 Å². The minimum Gasteiger partial charge on any atom is -0.481 e. The number of hydrogen-bond acceptors (Lipinski definition) is 3. The van der Waals surface area contributed by atoms with Crippen LogP contribution in [0.4, 0.5) is 0 Å². The monoisotopic (exact) mass is 299 g/mol.